The summed E-state index contributed by atoms with van der Waals surface area (Å²) in [6.07, 6.45) is 6.76. The van der Waals surface area contributed by atoms with Crippen molar-refractivity contribution in [2.75, 3.05) is 0 Å². The molecule has 0 aromatic carbocycles. The zero-order valence-electron chi connectivity index (χ0n) is 7.59. The maximum absolute atomic E-state index is 4.41. The molecule has 2 rings (SSSR count). The first-order valence-electron chi connectivity index (χ1n) is 4.47. The lowest BCUT2D eigenvalue weighted by Crippen LogP contribution is -1.99. The molecule has 1 heterocycles. The van der Waals surface area contributed by atoms with E-state index in [0.717, 1.165) is 29.4 Å². The van der Waals surface area contributed by atoms with Crippen molar-refractivity contribution in [2.45, 2.75) is 33.1 Å². The summed E-state index contributed by atoms with van der Waals surface area (Å²) in [7, 11) is 0. The number of rotatable bonds is 2. The van der Waals surface area contributed by atoms with E-state index in [1.165, 1.54) is 12.8 Å². The van der Waals surface area contributed by atoms with Crippen molar-refractivity contribution >= 4 is 0 Å². The third kappa shape index (κ3) is 1.63. The fourth-order valence-electron chi connectivity index (χ4n) is 1.20. The SMILES string of the molecule is Cc1[c]nc(CC2CC2)nc1C. The van der Waals surface area contributed by atoms with Gasteiger partial charge in [-0.15, -0.1) is 0 Å². The largest absolute Gasteiger partial charge is 0.238 e. The minimum absolute atomic E-state index is 0.862. The highest BCUT2D eigenvalue weighted by Gasteiger charge is 2.22. The van der Waals surface area contributed by atoms with Crippen LogP contribution in [-0.4, -0.2) is 9.97 Å². The Morgan fingerprint density at radius 1 is 1.42 bits per heavy atom. The average Bonchev–Trinajstić information content (AvgIpc) is 2.81. The molecule has 63 valence electrons. The van der Waals surface area contributed by atoms with Crippen LogP contribution in [-0.2, 0) is 6.42 Å². The predicted octanol–water partition coefficient (Wildman–Crippen LogP) is 1.85. The van der Waals surface area contributed by atoms with Crippen molar-refractivity contribution in [3.63, 3.8) is 0 Å². The van der Waals surface area contributed by atoms with Crippen molar-refractivity contribution in [2.24, 2.45) is 5.92 Å². The summed E-state index contributed by atoms with van der Waals surface area (Å²) in [4.78, 5) is 8.59. The molecule has 0 bridgehead atoms. The van der Waals surface area contributed by atoms with Gasteiger partial charge in [-0.25, -0.2) is 9.97 Å². The van der Waals surface area contributed by atoms with E-state index in [9.17, 15) is 0 Å². The average molecular weight is 161 g/mol. The third-order valence-electron chi connectivity index (χ3n) is 2.36. The molecule has 1 saturated carbocycles. The van der Waals surface area contributed by atoms with Gasteiger partial charge in [0.1, 0.15) is 5.82 Å². The number of hydrogen-bond acceptors (Lipinski definition) is 2. The van der Waals surface area contributed by atoms with Crippen LogP contribution in [0.15, 0.2) is 0 Å². The topological polar surface area (TPSA) is 25.8 Å². The molecular weight excluding hydrogens is 148 g/mol. The van der Waals surface area contributed by atoms with E-state index in [1.54, 1.807) is 0 Å². The quantitative estimate of drug-likeness (QED) is 0.661. The zero-order valence-corrected chi connectivity index (χ0v) is 7.59. The van der Waals surface area contributed by atoms with E-state index in [0.29, 0.717) is 0 Å². The first kappa shape index (κ1) is 7.71. The maximum Gasteiger partial charge on any atom is 0.129 e. The molecule has 2 heteroatoms. The van der Waals surface area contributed by atoms with Crippen LogP contribution < -0.4 is 0 Å². The summed E-state index contributed by atoms with van der Waals surface area (Å²) in [6, 6.07) is 0. The molecule has 0 atom stereocenters. The van der Waals surface area contributed by atoms with Gasteiger partial charge in [-0.1, -0.05) is 0 Å². The van der Waals surface area contributed by atoms with Gasteiger partial charge in [-0.2, -0.15) is 0 Å². The van der Waals surface area contributed by atoms with Crippen LogP contribution in [0.25, 0.3) is 0 Å². The standard InChI is InChI=1S/C10H13N2/c1-7-6-11-10(12-8(7)2)5-9-3-4-9/h9H,3-5H2,1-2H3. The molecular formula is C10H13N2. The Labute approximate surface area is 73.1 Å². The molecule has 0 spiro atoms. The molecule has 1 aliphatic rings. The van der Waals surface area contributed by atoms with Crippen LogP contribution in [0, 0.1) is 26.0 Å². The van der Waals surface area contributed by atoms with E-state index in [2.05, 4.69) is 16.2 Å². The normalized spacial score (nSPS) is 16.5. The lowest BCUT2D eigenvalue weighted by atomic mass is 10.2. The fourth-order valence-corrected chi connectivity index (χ4v) is 1.20. The van der Waals surface area contributed by atoms with Gasteiger partial charge in [-0.05, 0) is 38.2 Å². The van der Waals surface area contributed by atoms with Gasteiger partial charge in [0.25, 0.3) is 0 Å². The van der Waals surface area contributed by atoms with E-state index < -0.39 is 0 Å². The number of nitrogens with zero attached hydrogens (tertiary/aromatic N) is 2. The van der Waals surface area contributed by atoms with Crippen LogP contribution in [0.5, 0.6) is 0 Å². The summed E-state index contributed by atoms with van der Waals surface area (Å²) in [5.41, 5.74) is 2.13. The first-order chi connectivity index (χ1) is 5.75. The monoisotopic (exact) mass is 161 g/mol. The predicted molar refractivity (Wildman–Crippen MR) is 46.8 cm³/mol. The Hall–Kier alpha value is -0.920. The molecule has 2 nitrogen and oxygen atoms in total. The minimum Gasteiger partial charge on any atom is -0.238 e. The van der Waals surface area contributed by atoms with Crippen LogP contribution in [0.4, 0.5) is 0 Å². The van der Waals surface area contributed by atoms with Gasteiger partial charge in [-0.3, -0.25) is 0 Å². The second-order valence-corrected chi connectivity index (χ2v) is 3.61. The van der Waals surface area contributed by atoms with Gasteiger partial charge in [0.05, 0.1) is 6.20 Å². The molecule has 12 heavy (non-hydrogen) atoms. The maximum atomic E-state index is 4.41. The highest BCUT2D eigenvalue weighted by molar-refractivity contribution is 5.12. The lowest BCUT2D eigenvalue weighted by molar-refractivity contribution is 0.759. The van der Waals surface area contributed by atoms with Gasteiger partial charge >= 0.3 is 0 Å². The van der Waals surface area contributed by atoms with E-state index >= 15 is 0 Å². The summed E-state index contributed by atoms with van der Waals surface area (Å²) in [6.45, 7) is 4.01. The Morgan fingerprint density at radius 3 is 2.75 bits per heavy atom. The van der Waals surface area contributed by atoms with E-state index in [-0.39, 0.29) is 0 Å². The molecule has 0 unspecified atom stereocenters. The molecule has 0 saturated heterocycles. The smallest absolute Gasteiger partial charge is 0.129 e. The van der Waals surface area contributed by atoms with Crippen molar-refractivity contribution in [3.8, 4) is 0 Å². The molecule has 0 N–H and O–H groups in total. The highest BCUT2D eigenvalue weighted by atomic mass is 14.9. The Morgan fingerprint density at radius 2 is 2.17 bits per heavy atom. The molecule has 1 radical (unpaired) electrons. The zero-order chi connectivity index (χ0) is 8.55. The molecule has 1 aliphatic carbocycles. The van der Waals surface area contributed by atoms with Crippen LogP contribution >= 0.6 is 0 Å². The fraction of sp³-hybridized carbons (Fsp3) is 0.600. The van der Waals surface area contributed by atoms with Crippen molar-refractivity contribution in [3.05, 3.63) is 23.3 Å². The van der Waals surface area contributed by atoms with Crippen LogP contribution in [0.1, 0.15) is 29.9 Å². The van der Waals surface area contributed by atoms with Crippen molar-refractivity contribution in [1.29, 1.82) is 0 Å². The van der Waals surface area contributed by atoms with E-state index in [1.807, 2.05) is 13.8 Å². The Bertz CT molecular complexity index is 290. The van der Waals surface area contributed by atoms with Crippen LogP contribution in [0.2, 0.25) is 0 Å². The number of hydrogen-bond donors (Lipinski definition) is 0. The minimum atomic E-state index is 0.862. The van der Waals surface area contributed by atoms with Crippen LogP contribution in [0.3, 0.4) is 0 Å². The van der Waals surface area contributed by atoms with Gasteiger partial charge in [0, 0.05) is 12.1 Å². The molecule has 1 aromatic heterocycles. The lowest BCUT2D eigenvalue weighted by Gasteiger charge is -2.00. The van der Waals surface area contributed by atoms with Gasteiger partial charge < -0.3 is 0 Å². The van der Waals surface area contributed by atoms with Gasteiger partial charge in [0.2, 0.25) is 0 Å². The molecule has 1 aromatic rings. The second-order valence-electron chi connectivity index (χ2n) is 3.61. The summed E-state index contributed by atoms with van der Waals surface area (Å²) >= 11 is 0. The molecule has 0 aliphatic heterocycles. The highest BCUT2D eigenvalue weighted by Crippen LogP contribution is 2.31. The Balaban J connectivity index is 2.15. The summed E-state index contributed by atoms with van der Waals surface area (Å²) in [5, 5.41) is 0. The van der Waals surface area contributed by atoms with E-state index in [4.69, 9.17) is 0 Å². The third-order valence-corrected chi connectivity index (χ3v) is 2.36. The van der Waals surface area contributed by atoms with Crippen molar-refractivity contribution in [1.82, 2.24) is 9.97 Å². The first-order valence-corrected chi connectivity index (χ1v) is 4.47. The Kier molecular flexibility index (Phi) is 1.83. The molecule has 1 fully saturated rings. The van der Waals surface area contributed by atoms with Crippen molar-refractivity contribution < 1.29 is 0 Å². The molecule has 0 amide bonds. The second kappa shape index (κ2) is 2.85. The number of aryl methyl sites for hydroxylation is 2. The van der Waals surface area contributed by atoms with Gasteiger partial charge in [0.15, 0.2) is 0 Å². The summed E-state index contributed by atoms with van der Waals surface area (Å²) in [5.74, 6) is 1.83. The summed E-state index contributed by atoms with van der Waals surface area (Å²) < 4.78 is 0. The number of aromatic nitrogens is 2.